The highest BCUT2D eigenvalue weighted by molar-refractivity contribution is 5.94. The first-order valence-corrected chi connectivity index (χ1v) is 6.79. The van der Waals surface area contributed by atoms with E-state index in [9.17, 15) is 4.79 Å². The molecule has 0 radical (unpaired) electrons. The van der Waals surface area contributed by atoms with Crippen molar-refractivity contribution in [1.82, 2.24) is 5.32 Å². The number of nitrogens with one attached hydrogen (secondary N) is 2. The van der Waals surface area contributed by atoms with Gasteiger partial charge in [0.2, 0.25) is 0 Å². The van der Waals surface area contributed by atoms with E-state index in [1.165, 1.54) is 0 Å². The molecule has 1 atom stereocenters. The van der Waals surface area contributed by atoms with Gasteiger partial charge in [0.25, 0.3) is 5.91 Å². The van der Waals surface area contributed by atoms with Crippen molar-refractivity contribution >= 4 is 24.0 Å². The van der Waals surface area contributed by atoms with Crippen LogP contribution in [0.3, 0.4) is 0 Å². The highest BCUT2D eigenvalue weighted by Crippen LogP contribution is 2.24. The number of halogens is 1. The lowest BCUT2D eigenvalue weighted by Crippen LogP contribution is -2.39. The second-order valence-electron chi connectivity index (χ2n) is 4.77. The number of carbonyl (C=O) groups excluding carboxylic acids is 1. The maximum Gasteiger partial charge on any atom is 0.255 e. The maximum atomic E-state index is 12.0. The summed E-state index contributed by atoms with van der Waals surface area (Å²) >= 11 is 0. The van der Waals surface area contributed by atoms with Gasteiger partial charge in [0.1, 0.15) is 12.4 Å². The van der Waals surface area contributed by atoms with Crippen molar-refractivity contribution in [2.75, 3.05) is 38.3 Å². The first-order chi connectivity index (χ1) is 9.83. The summed E-state index contributed by atoms with van der Waals surface area (Å²) in [6.45, 7) is 3.53. The van der Waals surface area contributed by atoms with E-state index >= 15 is 0 Å². The Morgan fingerprint density at radius 3 is 3.00 bits per heavy atom. The zero-order valence-electron chi connectivity index (χ0n) is 11.6. The molecule has 0 aromatic heterocycles. The Morgan fingerprint density at radius 2 is 2.19 bits per heavy atom. The number of amides is 1. The summed E-state index contributed by atoms with van der Waals surface area (Å²) in [6, 6.07) is 5.65. The molecule has 7 heteroatoms. The van der Waals surface area contributed by atoms with Crippen molar-refractivity contribution in [3.63, 3.8) is 0 Å². The van der Waals surface area contributed by atoms with Gasteiger partial charge in [0.15, 0.2) is 6.10 Å². The number of anilines is 1. The van der Waals surface area contributed by atoms with E-state index in [2.05, 4.69) is 10.6 Å². The van der Waals surface area contributed by atoms with Crippen molar-refractivity contribution in [2.45, 2.75) is 12.6 Å². The smallest absolute Gasteiger partial charge is 0.255 e. The van der Waals surface area contributed by atoms with Crippen molar-refractivity contribution < 1.29 is 19.0 Å². The lowest BCUT2D eigenvalue weighted by Gasteiger charge is -2.22. The van der Waals surface area contributed by atoms with Crippen LogP contribution < -0.4 is 15.4 Å². The predicted octanol–water partition coefficient (Wildman–Crippen LogP) is 0.944. The predicted molar refractivity (Wildman–Crippen MR) is 80.1 cm³/mol. The Kier molecular flexibility index (Phi) is 5.81. The SMILES string of the molecule is Cl.O=C(Nc1ccc2c(c1)CNCCO2)C1COCCO1. The Bertz CT molecular complexity index is 492. The minimum atomic E-state index is -0.531. The van der Waals surface area contributed by atoms with Crippen LogP contribution in [0.1, 0.15) is 5.56 Å². The van der Waals surface area contributed by atoms with Crippen molar-refractivity contribution in [3.05, 3.63) is 23.8 Å². The van der Waals surface area contributed by atoms with Gasteiger partial charge in [0.05, 0.1) is 19.8 Å². The van der Waals surface area contributed by atoms with Crippen LogP contribution in [0.15, 0.2) is 18.2 Å². The summed E-state index contributed by atoms with van der Waals surface area (Å²) in [6.07, 6.45) is -0.531. The van der Waals surface area contributed by atoms with E-state index in [1.807, 2.05) is 18.2 Å². The number of fused-ring (bicyclic) bond motifs is 1. The van der Waals surface area contributed by atoms with Crippen LogP contribution in [0.5, 0.6) is 5.75 Å². The standard InChI is InChI=1S/C14H18N2O4.ClH/c17-14(13-9-18-5-6-20-13)16-11-1-2-12-10(7-11)8-15-3-4-19-12;/h1-2,7,13,15H,3-6,8-9H2,(H,16,17);1H. The molecule has 2 heterocycles. The molecule has 116 valence electrons. The largest absolute Gasteiger partial charge is 0.492 e. The van der Waals surface area contributed by atoms with Gasteiger partial charge in [-0.1, -0.05) is 0 Å². The highest BCUT2D eigenvalue weighted by atomic mass is 35.5. The molecule has 6 nitrogen and oxygen atoms in total. The molecular formula is C14H19ClN2O4. The van der Waals surface area contributed by atoms with Gasteiger partial charge in [-0.25, -0.2) is 0 Å². The van der Waals surface area contributed by atoms with Crippen molar-refractivity contribution in [3.8, 4) is 5.75 Å². The van der Waals surface area contributed by atoms with Gasteiger partial charge in [-0.05, 0) is 18.2 Å². The van der Waals surface area contributed by atoms with Gasteiger partial charge in [-0.3, -0.25) is 4.79 Å². The molecule has 1 aromatic carbocycles. The van der Waals surface area contributed by atoms with Crippen LogP contribution in [0.4, 0.5) is 5.69 Å². The zero-order valence-corrected chi connectivity index (χ0v) is 12.4. The number of rotatable bonds is 2. The summed E-state index contributed by atoms with van der Waals surface area (Å²) < 4.78 is 16.2. The van der Waals surface area contributed by atoms with Gasteiger partial charge in [-0.2, -0.15) is 0 Å². The molecule has 2 aliphatic rings. The molecule has 2 aliphatic heterocycles. The van der Waals surface area contributed by atoms with Crippen LogP contribution in [0.25, 0.3) is 0 Å². The molecule has 21 heavy (non-hydrogen) atoms. The summed E-state index contributed by atoms with van der Waals surface area (Å²) in [5.74, 6) is 0.692. The van der Waals surface area contributed by atoms with Gasteiger partial charge in [-0.15, -0.1) is 12.4 Å². The number of benzene rings is 1. The normalized spacial score (nSPS) is 21.2. The molecule has 0 aliphatic carbocycles. The molecule has 3 rings (SSSR count). The van der Waals surface area contributed by atoms with Crippen LogP contribution in [-0.4, -0.2) is 45.0 Å². The molecule has 1 aromatic rings. The van der Waals surface area contributed by atoms with Crippen LogP contribution in [-0.2, 0) is 20.8 Å². The van der Waals surface area contributed by atoms with Crippen LogP contribution in [0, 0.1) is 0 Å². The van der Waals surface area contributed by atoms with E-state index in [1.54, 1.807) is 0 Å². The monoisotopic (exact) mass is 314 g/mol. The lowest BCUT2D eigenvalue weighted by molar-refractivity contribution is -0.142. The number of ether oxygens (including phenoxy) is 3. The molecule has 0 bridgehead atoms. The fourth-order valence-corrected chi connectivity index (χ4v) is 2.25. The van der Waals surface area contributed by atoms with Gasteiger partial charge >= 0.3 is 0 Å². The van der Waals surface area contributed by atoms with Gasteiger partial charge in [0, 0.05) is 24.3 Å². The highest BCUT2D eigenvalue weighted by Gasteiger charge is 2.23. The Morgan fingerprint density at radius 1 is 1.29 bits per heavy atom. The number of hydrogen-bond acceptors (Lipinski definition) is 5. The minimum Gasteiger partial charge on any atom is -0.492 e. The van der Waals surface area contributed by atoms with E-state index in [0.717, 1.165) is 30.1 Å². The molecular weight excluding hydrogens is 296 g/mol. The maximum absolute atomic E-state index is 12.0. The molecule has 1 saturated heterocycles. The molecule has 2 N–H and O–H groups in total. The lowest BCUT2D eigenvalue weighted by atomic mass is 10.1. The Labute approximate surface area is 129 Å². The first kappa shape index (κ1) is 16.0. The second kappa shape index (κ2) is 7.61. The third kappa shape index (κ3) is 4.07. The average molecular weight is 315 g/mol. The van der Waals surface area contributed by atoms with E-state index in [0.29, 0.717) is 26.4 Å². The summed E-state index contributed by atoms with van der Waals surface area (Å²) in [5.41, 5.74) is 1.79. The number of hydrogen-bond donors (Lipinski definition) is 2. The van der Waals surface area contributed by atoms with Crippen LogP contribution >= 0.6 is 12.4 Å². The molecule has 1 fully saturated rings. The molecule has 0 saturated carbocycles. The molecule has 0 spiro atoms. The summed E-state index contributed by atoms with van der Waals surface area (Å²) in [5, 5.41) is 6.12. The fraction of sp³-hybridized carbons (Fsp3) is 0.500. The van der Waals surface area contributed by atoms with E-state index < -0.39 is 6.10 Å². The summed E-state index contributed by atoms with van der Waals surface area (Å²) in [7, 11) is 0. The fourth-order valence-electron chi connectivity index (χ4n) is 2.25. The van der Waals surface area contributed by atoms with Crippen LogP contribution in [0.2, 0.25) is 0 Å². The third-order valence-corrected chi connectivity index (χ3v) is 3.29. The van der Waals surface area contributed by atoms with Crippen molar-refractivity contribution in [2.24, 2.45) is 0 Å². The first-order valence-electron chi connectivity index (χ1n) is 6.79. The quantitative estimate of drug-likeness (QED) is 0.850. The van der Waals surface area contributed by atoms with E-state index in [4.69, 9.17) is 14.2 Å². The van der Waals surface area contributed by atoms with Gasteiger partial charge < -0.3 is 24.8 Å². The topological polar surface area (TPSA) is 68.8 Å². The zero-order chi connectivity index (χ0) is 13.8. The van der Waals surface area contributed by atoms with Crippen molar-refractivity contribution in [1.29, 1.82) is 0 Å². The van der Waals surface area contributed by atoms with E-state index in [-0.39, 0.29) is 18.3 Å². The Balaban J connectivity index is 0.00000161. The summed E-state index contributed by atoms with van der Waals surface area (Å²) in [4.78, 5) is 12.0. The molecule has 1 amide bonds. The molecule has 1 unspecified atom stereocenters. The Hall–Kier alpha value is -1.34. The number of carbonyl (C=O) groups is 1. The second-order valence-corrected chi connectivity index (χ2v) is 4.77. The minimum absolute atomic E-state index is 0. The average Bonchev–Trinajstić information content (AvgIpc) is 2.73. The third-order valence-electron chi connectivity index (χ3n) is 3.29.